The second kappa shape index (κ2) is 12.7. The van der Waals surface area contributed by atoms with Crippen LogP contribution in [0.4, 0.5) is 5.69 Å². The van der Waals surface area contributed by atoms with E-state index in [-0.39, 0.29) is 23.8 Å². The van der Waals surface area contributed by atoms with Gasteiger partial charge in [0.2, 0.25) is 17.7 Å². The average molecular weight is 592 g/mol. The van der Waals surface area contributed by atoms with Gasteiger partial charge in [-0.25, -0.2) is 0 Å². The molecule has 4 aliphatic heterocycles. The van der Waals surface area contributed by atoms with E-state index in [1.165, 1.54) is 12.0 Å². The maximum atomic E-state index is 14.3. The minimum atomic E-state index is -1.11. The van der Waals surface area contributed by atoms with Crippen LogP contribution in [0, 0.1) is 11.8 Å². The van der Waals surface area contributed by atoms with Crippen molar-refractivity contribution >= 4 is 23.4 Å². The molecule has 9 nitrogen and oxygen atoms in total. The lowest BCUT2D eigenvalue weighted by Crippen LogP contribution is -2.56. The van der Waals surface area contributed by atoms with Gasteiger partial charge >= 0.3 is 0 Å². The van der Waals surface area contributed by atoms with Crippen LogP contribution in [0.1, 0.15) is 70.8 Å². The van der Waals surface area contributed by atoms with Gasteiger partial charge in [-0.2, -0.15) is 0 Å². The fraction of sp³-hybridized carbons (Fsp3) is 0.676. The average Bonchev–Trinajstić information content (AvgIpc) is 3.65. The van der Waals surface area contributed by atoms with Gasteiger partial charge in [-0.3, -0.25) is 14.4 Å². The van der Waals surface area contributed by atoms with Crippen LogP contribution in [0.5, 0.6) is 0 Å². The first kappa shape index (κ1) is 30.3. The molecule has 2 N–H and O–H groups in total. The molecule has 43 heavy (non-hydrogen) atoms. The van der Waals surface area contributed by atoms with Gasteiger partial charge in [0.15, 0.2) is 0 Å². The standard InChI is InChI=1S/C34H49N5O4/c1-4-37-19-21-38(22-20-37)17-8-18-39-30(32(41)36-25-9-6-5-7-10-25)34-16-15-27(43-34)28(29(34)33(39)42)31(40)35-26-13-11-24(12-14-26)23(2)3/h11-16,23,25,27-30H,4-10,17-22H2,1-3H3,(H,35,40)(H,36,41)/t27-,28-,29-,30+,34-/m0/s1. The van der Waals surface area contributed by atoms with Crippen molar-refractivity contribution in [3.63, 3.8) is 0 Å². The molecule has 1 aromatic carbocycles. The Balaban J connectivity index is 1.20. The number of carbonyl (C=O) groups is 3. The Morgan fingerprint density at radius 3 is 2.35 bits per heavy atom. The number of anilines is 1. The Kier molecular flexibility index (Phi) is 8.94. The summed E-state index contributed by atoms with van der Waals surface area (Å²) in [5.41, 5.74) is 0.785. The number of rotatable bonds is 10. The minimum Gasteiger partial charge on any atom is -0.359 e. The van der Waals surface area contributed by atoms with Crippen molar-refractivity contribution in [2.24, 2.45) is 11.8 Å². The van der Waals surface area contributed by atoms with Gasteiger partial charge in [-0.15, -0.1) is 0 Å². The molecular formula is C34H49N5O4. The van der Waals surface area contributed by atoms with Crippen LogP contribution in [0.2, 0.25) is 0 Å². The molecule has 5 atom stereocenters. The molecule has 234 valence electrons. The summed E-state index contributed by atoms with van der Waals surface area (Å²) in [5, 5.41) is 6.34. The summed E-state index contributed by atoms with van der Waals surface area (Å²) in [6.45, 7) is 13.1. The van der Waals surface area contributed by atoms with E-state index in [1.807, 2.05) is 36.4 Å². The molecule has 4 fully saturated rings. The van der Waals surface area contributed by atoms with Crippen molar-refractivity contribution in [2.75, 3.05) is 51.1 Å². The van der Waals surface area contributed by atoms with Crippen LogP contribution < -0.4 is 10.6 Å². The molecule has 0 unspecified atom stereocenters. The van der Waals surface area contributed by atoms with Crippen molar-refractivity contribution in [3.05, 3.63) is 42.0 Å². The highest BCUT2D eigenvalue weighted by Gasteiger charge is 2.72. The van der Waals surface area contributed by atoms with E-state index in [2.05, 4.69) is 41.2 Å². The number of benzene rings is 1. The smallest absolute Gasteiger partial charge is 0.246 e. The van der Waals surface area contributed by atoms with E-state index in [0.29, 0.717) is 18.2 Å². The van der Waals surface area contributed by atoms with Crippen molar-refractivity contribution in [1.82, 2.24) is 20.0 Å². The number of ether oxygens (including phenoxy) is 1. The number of piperazine rings is 1. The molecule has 1 spiro atoms. The lowest BCUT2D eigenvalue weighted by atomic mass is 9.74. The number of amides is 3. The fourth-order valence-electron chi connectivity index (χ4n) is 8.01. The zero-order chi connectivity index (χ0) is 30.1. The lowest BCUT2D eigenvalue weighted by molar-refractivity contribution is -0.141. The summed E-state index contributed by atoms with van der Waals surface area (Å²) in [6.07, 6.45) is 9.41. The zero-order valence-electron chi connectivity index (χ0n) is 26.1. The summed E-state index contributed by atoms with van der Waals surface area (Å²) in [7, 11) is 0. The van der Waals surface area contributed by atoms with E-state index in [4.69, 9.17) is 4.74 Å². The number of hydrogen-bond donors (Lipinski definition) is 2. The predicted octanol–water partition coefficient (Wildman–Crippen LogP) is 3.38. The molecule has 1 aromatic rings. The highest BCUT2D eigenvalue weighted by molar-refractivity contribution is 6.02. The van der Waals surface area contributed by atoms with Crippen LogP contribution >= 0.6 is 0 Å². The van der Waals surface area contributed by atoms with Crippen LogP contribution in [0.15, 0.2) is 36.4 Å². The Bertz CT molecular complexity index is 1200. The number of likely N-dealkylation sites (tertiary alicyclic amines) is 1. The summed E-state index contributed by atoms with van der Waals surface area (Å²) in [5.74, 6) is -1.51. The topological polar surface area (TPSA) is 94.2 Å². The quantitative estimate of drug-likeness (QED) is 0.406. The summed E-state index contributed by atoms with van der Waals surface area (Å²) in [4.78, 5) is 48.7. The Labute approximate surface area is 256 Å². The van der Waals surface area contributed by atoms with E-state index in [0.717, 1.165) is 71.4 Å². The van der Waals surface area contributed by atoms with Gasteiger partial charge in [0, 0.05) is 44.5 Å². The molecule has 9 heteroatoms. The fourth-order valence-corrected chi connectivity index (χ4v) is 8.01. The van der Waals surface area contributed by atoms with Gasteiger partial charge in [0.1, 0.15) is 11.6 Å². The second-order valence-corrected chi connectivity index (χ2v) is 13.5. The number of nitrogens with one attached hydrogen (secondary N) is 2. The van der Waals surface area contributed by atoms with Gasteiger partial charge in [-0.1, -0.05) is 64.3 Å². The van der Waals surface area contributed by atoms with Crippen molar-refractivity contribution in [1.29, 1.82) is 0 Å². The van der Waals surface area contributed by atoms with E-state index >= 15 is 0 Å². The third-order valence-corrected chi connectivity index (χ3v) is 10.5. The normalized spacial score (nSPS) is 31.2. The monoisotopic (exact) mass is 591 g/mol. The number of likely N-dealkylation sites (N-methyl/N-ethyl adjacent to an activating group) is 1. The van der Waals surface area contributed by atoms with Gasteiger partial charge < -0.3 is 30.1 Å². The third kappa shape index (κ3) is 5.88. The zero-order valence-corrected chi connectivity index (χ0v) is 26.1. The maximum Gasteiger partial charge on any atom is 0.246 e. The second-order valence-electron chi connectivity index (χ2n) is 13.5. The Morgan fingerprint density at radius 1 is 0.977 bits per heavy atom. The van der Waals surface area contributed by atoms with Crippen LogP contribution in [-0.2, 0) is 19.1 Å². The van der Waals surface area contributed by atoms with Crippen molar-refractivity contribution in [2.45, 2.75) is 89.0 Å². The van der Waals surface area contributed by atoms with Crippen LogP contribution in [0.25, 0.3) is 0 Å². The number of nitrogens with zero attached hydrogens (tertiary/aromatic N) is 3. The highest BCUT2D eigenvalue weighted by atomic mass is 16.5. The van der Waals surface area contributed by atoms with E-state index in [9.17, 15) is 14.4 Å². The summed E-state index contributed by atoms with van der Waals surface area (Å²) < 4.78 is 6.54. The molecule has 2 bridgehead atoms. The predicted molar refractivity (Wildman–Crippen MR) is 167 cm³/mol. The Hall–Kier alpha value is -2.75. The SMILES string of the molecule is CCN1CCN(CCCN2C(=O)[C@@H]3[C@@H](C(=O)Nc4ccc(C(C)C)cc4)[C@@H]4C=C[C@@]3(O4)[C@H]2C(=O)NC2CCCCC2)CC1. The van der Waals surface area contributed by atoms with Crippen LogP contribution in [-0.4, -0.2) is 102 Å². The van der Waals surface area contributed by atoms with Gasteiger partial charge in [0.05, 0.1) is 17.9 Å². The minimum absolute atomic E-state index is 0.124. The van der Waals surface area contributed by atoms with Crippen molar-refractivity contribution in [3.8, 4) is 0 Å². The van der Waals surface area contributed by atoms with E-state index in [1.54, 1.807) is 4.90 Å². The van der Waals surface area contributed by atoms with Crippen LogP contribution in [0.3, 0.4) is 0 Å². The number of hydrogen-bond acceptors (Lipinski definition) is 6. The molecule has 0 aromatic heterocycles. The molecule has 3 saturated heterocycles. The molecule has 1 saturated carbocycles. The summed E-state index contributed by atoms with van der Waals surface area (Å²) in [6, 6.07) is 7.23. The third-order valence-electron chi connectivity index (χ3n) is 10.5. The largest absolute Gasteiger partial charge is 0.359 e. The maximum absolute atomic E-state index is 14.3. The van der Waals surface area contributed by atoms with Gasteiger partial charge in [-0.05, 0) is 56.0 Å². The van der Waals surface area contributed by atoms with Gasteiger partial charge in [0.25, 0.3) is 0 Å². The van der Waals surface area contributed by atoms with E-state index < -0.39 is 29.6 Å². The molecule has 0 radical (unpaired) electrons. The first-order valence-corrected chi connectivity index (χ1v) is 16.6. The molecule has 3 amide bonds. The van der Waals surface area contributed by atoms with Crippen molar-refractivity contribution < 1.29 is 19.1 Å². The molecule has 4 heterocycles. The molecule has 1 aliphatic carbocycles. The molecule has 5 aliphatic rings. The first-order valence-electron chi connectivity index (χ1n) is 16.6. The lowest BCUT2D eigenvalue weighted by Gasteiger charge is -2.36. The first-order chi connectivity index (χ1) is 20.8. The number of carbonyl (C=O) groups excluding carboxylic acids is 3. The Morgan fingerprint density at radius 2 is 1.67 bits per heavy atom. The highest BCUT2D eigenvalue weighted by Crippen LogP contribution is 2.55. The number of fused-ring (bicyclic) bond motifs is 1. The summed E-state index contributed by atoms with van der Waals surface area (Å²) >= 11 is 0. The molecular weight excluding hydrogens is 542 g/mol. The molecule has 6 rings (SSSR count).